The first-order chi connectivity index (χ1) is 11.6. The smallest absolute Gasteiger partial charge is 0.223 e. The number of nitrogens with zero attached hydrogens (tertiary/aromatic N) is 2. The van der Waals surface area contributed by atoms with E-state index in [4.69, 9.17) is 0 Å². The van der Waals surface area contributed by atoms with Gasteiger partial charge in [0.25, 0.3) is 0 Å². The number of benzene rings is 2. The zero-order valence-corrected chi connectivity index (χ0v) is 15.0. The Morgan fingerprint density at radius 2 is 1.50 bits per heavy atom. The monoisotopic (exact) mass is 324 g/mol. The van der Waals surface area contributed by atoms with Gasteiger partial charge < -0.3 is 9.80 Å². The molecule has 0 N–H and O–H groups in total. The second-order valence-electron chi connectivity index (χ2n) is 6.62. The number of carbonyl (C=O) groups is 1. The Morgan fingerprint density at radius 1 is 0.917 bits per heavy atom. The molecule has 2 aromatic carbocycles. The third-order valence-corrected chi connectivity index (χ3v) is 4.24. The third-order valence-electron chi connectivity index (χ3n) is 4.24. The minimum atomic E-state index is 0.219. The van der Waals surface area contributed by atoms with E-state index in [-0.39, 0.29) is 11.8 Å². The molecule has 0 saturated carbocycles. The summed E-state index contributed by atoms with van der Waals surface area (Å²) in [6.07, 6.45) is 0.546. The third kappa shape index (κ3) is 5.82. The van der Waals surface area contributed by atoms with Crippen molar-refractivity contribution in [2.24, 2.45) is 0 Å². The van der Waals surface area contributed by atoms with Gasteiger partial charge in [0, 0.05) is 26.1 Å². The summed E-state index contributed by atoms with van der Waals surface area (Å²) in [6, 6.07) is 20.5. The van der Waals surface area contributed by atoms with E-state index in [1.165, 1.54) is 11.1 Å². The number of hydrogen-bond acceptors (Lipinski definition) is 2. The molecule has 0 aliphatic rings. The topological polar surface area (TPSA) is 23.6 Å². The molecule has 2 rings (SSSR count). The maximum absolute atomic E-state index is 12.9. The van der Waals surface area contributed by atoms with Gasteiger partial charge in [-0.15, -0.1) is 0 Å². The molecular weight excluding hydrogens is 296 g/mol. The van der Waals surface area contributed by atoms with E-state index < -0.39 is 0 Å². The average Bonchev–Trinajstić information content (AvgIpc) is 2.60. The molecule has 0 radical (unpaired) electrons. The van der Waals surface area contributed by atoms with Crippen LogP contribution in [-0.4, -0.2) is 42.9 Å². The summed E-state index contributed by atoms with van der Waals surface area (Å²) >= 11 is 0. The lowest BCUT2D eigenvalue weighted by atomic mass is 9.97. The van der Waals surface area contributed by atoms with Crippen LogP contribution in [-0.2, 0) is 11.3 Å². The standard InChI is InChI=1S/C21H28N2O/c1-18(20-12-8-5-9-13-20)16-21(24)23(15-14-22(2)3)17-19-10-6-4-7-11-19/h4-13,18H,14-17H2,1-3H3. The molecule has 0 aliphatic heterocycles. The van der Waals surface area contributed by atoms with Gasteiger partial charge in [0.15, 0.2) is 0 Å². The lowest BCUT2D eigenvalue weighted by Crippen LogP contribution is -2.36. The molecule has 0 aliphatic carbocycles. The molecule has 0 saturated heterocycles. The van der Waals surface area contributed by atoms with Crippen LogP contribution >= 0.6 is 0 Å². The summed E-state index contributed by atoms with van der Waals surface area (Å²) in [6.45, 7) is 4.43. The number of amides is 1. The second kappa shape index (κ2) is 9.24. The molecule has 0 spiro atoms. The van der Waals surface area contributed by atoms with Crippen molar-refractivity contribution in [2.45, 2.75) is 25.8 Å². The van der Waals surface area contributed by atoms with Crippen molar-refractivity contribution in [3.8, 4) is 0 Å². The second-order valence-corrected chi connectivity index (χ2v) is 6.62. The van der Waals surface area contributed by atoms with E-state index in [1.54, 1.807) is 0 Å². The fourth-order valence-electron chi connectivity index (χ4n) is 2.71. The number of rotatable bonds is 8. The van der Waals surface area contributed by atoms with Gasteiger partial charge in [-0.25, -0.2) is 0 Å². The maximum Gasteiger partial charge on any atom is 0.223 e. The molecule has 128 valence electrons. The highest BCUT2D eigenvalue weighted by molar-refractivity contribution is 5.77. The minimum absolute atomic E-state index is 0.219. The molecule has 3 heteroatoms. The van der Waals surface area contributed by atoms with Crippen molar-refractivity contribution in [1.29, 1.82) is 0 Å². The van der Waals surface area contributed by atoms with Crippen LogP contribution in [0.1, 0.15) is 30.4 Å². The molecule has 1 amide bonds. The van der Waals surface area contributed by atoms with Gasteiger partial charge in [0.2, 0.25) is 5.91 Å². The Kier molecular flexibility index (Phi) is 7.01. The quantitative estimate of drug-likeness (QED) is 0.738. The van der Waals surface area contributed by atoms with Gasteiger partial charge in [-0.05, 0) is 31.1 Å². The molecule has 0 bridgehead atoms. The molecule has 0 fully saturated rings. The molecule has 3 nitrogen and oxygen atoms in total. The van der Waals surface area contributed by atoms with E-state index in [0.29, 0.717) is 13.0 Å². The average molecular weight is 324 g/mol. The van der Waals surface area contributed by atoms with E-state index >= 15 is 0 Å². The Balaban J connectivity index is 2.03. The first kappa shape index (κ1) is 18.2. The van der Waals surface area contributed by atoms with Crippen molar-refractivity contribution in [3.05, 3.63) is 71.8 Å². The Labute approximate surface area is 145 Å². The van der Waals surface area contributed by atoms with Crippen LogP contribution in [0.5, 0.6) is 0 Å². The first-order valence-corrected chi connectivity index (χ1v) is 8.57. The van der Waals surface area contributed by atoms with Crippen LogP contribution in [0.15, 0.2) is 60.7 Å². The van der Waals surface area contributed by atoms with Crippen LogP contribution in [0, 0.1) is 0 Å². The summed E-state index contributed by atoms with van der Waals surface area (Å²) < 4.78 is 0. The van der Waals surface area contributed by atoms with E-state index in [9.17, 15) is 4.79 Å². The minimum Gasteiger partial charge on any atom is -0.337 e. The molecule has 0 heterocycles. The lowest BCUT2D eigenvalue weighted by molar-refractivity contribution is -0.132. The molecule has 2 aromatic rings. The van der Waals surface area contributed by atoms with Gasteiger partial charge in [0.05, 0.1) is 0 Å². The highest BCUT2D eigenvalue weighted by Gasteiger charge is 2.18. The fourth-order valence-corrected chi connectivity index (χ4v) is 2.71. The maximum atomic E-state index is 12.9. The highest BCUT2D eigenvalue weighted by Crippen LogP contribution is 2.20. The van der Waals surface area contributed by atoms with Crippen LogP contribution in [0.25, 0.3) is 0 Å². The van der Waals surface area contributed by atoms with Gasteiger partial charge in [-0.3, -0.25) is 4.79 Å². The van der Waals surface area contributed by atoms with E-state index in [2.05, 4.69) is 36.1 Å². The summed E-state index contributed by atoms with van der Waals surface area (Å²) in [7, 11) is 4.08. The summed E-state index contributed by atoms with van der Waals surface area (Å²) in [5.41, 5.74) is 2.40. The van der Waals surface area contributed by atoms with Crippen LogP contribution in [0.3, 0.4) is 0 Å². The zero-order valence-electron chi connectivity index (χ0n) is 15.0. The first-order valence-electron chi connectivity index (χ1n) is 8.57. The largest absolute Gasteiger partial charge is 0.337 e. The van der Waals surface area contributed by atoms with Crippen LogP contribution < -0.4 is 0 Å². The van der Waals surface area contributed by atoms with Gasteiger partial charge in [0.1, 0.15) is 0 Å². The molecule has 1 atom stereocenters. The Bertz CT molecular complexity index is 610. The Morgan fingerprint density at radius 3 is 2.08 bits per heavy atom. The SMILES string of the molecule is CC(CC(=O)N(CCN(C)C)Cc1ccccc1)c1ccccc1. The van der Waals surface area contributed by atoms with Gasteiger partial charge in [-0.1, -0.05) is 67.6 Å². The fraction of sp³-hybridized carbons (Fsp3) is 0.381. The number of carbonyl (C=O) groups excluding carboxylic acids is 1. The number of hydrogen-bond donors (Lipinski definition) is 0. The molecular formula is C21H28N2O. The lowest BCUT2D eigenvalue weighted by Gasteiger charge is -2.26. The predicted molar refractivity (Wildman–Crippen MR) is 99.9 cm³/mol. The van der Waals surface area contributed by atoms with Gasteiger partial charge >= 0.3 is 0 Å². The zero-order chi connectivity index (χ0) is 17.4. The van der Waals surface area contributed by atoms with Crippen molar-refractivity contribution in [2.75, 3.05) is 27.2 Å². The van der Waals surface area contributed by atoms with Crippen molar-refractivity contribution >= 4 is 5.91 Å². The normalized spacial score (nSPS) is 12.2. The summed E-state index contributed by atoms with van der Waals surface area (Å²) in [5.74, 6) is 0.452. The van der Waals surface area contributed by atoms with Crippen LogP contribution in [0.4, 0.5) is 0 Å². The Hall–Kier alpha value is -2.13. The highest BCUT2D eigenvalue weighted by atomic mass is 16.2. The van der Waals surface area contributed by atoms with Crippen LogP contribution in [0.2, 0.25) is 0 Å². The number of likely N-dealkylation sites (N-methyl/N-ethyl adjacent to an activating group) is 1. The summed E-state index contributed by atoms with van der Waals surface area (Å²) in [5, 5.41) is 0. The molecule has 0 aromatic heterocycles. The predicted octanol–water partition coefficient (Wildman–Crippen LogP) is 3.77. The van der Waals surface area contributed by atoms with Crippen molar-refractivity contribution < 1.29 is 4.79 Å². The molecule has 1 unspecified atom stereocenters. The van der Waals surface area contributed by atoms with E-state index in [1.807, 2.05) is 55.4 Å². The van der Waals surface area contributed by atoms with Gasteiger partial charge in [-0.2, -0.15) is 0 Å². The molecule has 24 heavy (non-hydrogen) atoms. The van der Waals surface area contributed by atoms with Crippen molar-refractivity contribution in [1.82, 2.24) is 9.80 Å². The van der Waals surface area contributed by atoms with Crippen molar-refractivity contribution in [3.63, 3.8) is 0 Å². The van der Waals surface area contributed by atoms with E-state index in [0.717, 1.165) is 13.1 Å². The summed E-state index contributed by atoms with van der Waals surface area (Å²) in [4.78, 5) is 16.9.